The minimum Gasteiger partial charge on any atom is -0.461 e. The highest BCUT2D eigenvalue weighted by molar-refractivity contribution is 14.0. The van der Waals surface area contributed by atoms with E-state index in [1.54, 1.807) is 13.3 Å². The number of unbranched alkanes of at least 4 members (excludes halogenated alkanes) is 1. The number of hydrogen-bond acceptors (Lipinski definition) is 5. The molecule has 2 aromatic heterocycles. The van der Waals surface area contributed by atoms with Crippen molar-refractivity contribution < 1.29 is 4.42 Å². The van der Waals surface area contributed by atoms with Crippen molar-refractivity contribution in [2.45, 2.75) is 45.2 Å². The number of aromatic nitrogens is 3. The molecule has 0 saturated carbocycles. The van der Waals surface area contributed by atoms with Crippen molar-refractivity contribution in [1.82, 2.24) is 30.7 Å². The Bertz CT molecular complexity index is 678. The van der Waals surface area contributed by atoms with E-state index in [0.29, 0.717) is 24.2 Å². The molecule has 1 aliphatic rings. The van der Waals surface area contributed by atoms with Crippen LogP contribution in [0, 0.1) is 0 Å². The molecule has 0 bridgehead atoms. The number of aliphatic imine (C=N–C) groups is 1. The molecule has 0 atom stereocenters. The molecule has 3 rings (SSSR count). The van der Waals surface area contributed by atoms with Gasteiger partial charge in [0.2, 0.25) is 5.82 Å². The van der Waals surface area contributed by atoms with Crippen LogP contribution < -0.4 is 10.6 Å². The highest BCUT2D eigenvalue weighted by Crippen LogP contribution is 2.14. The van der Waals surface area contributed by atoms with Gasteiger partial charge in [-0.3, -0.25) is 10.1 Å². The minimum absolute atomic E-state index is 0. The summed E-state index contributed by atoms with van der Waals surface area (Å²) in [7, 11) is 1.79. The van der Waals surface area contributed by atoms with Crippen LogP contribution in [0.3, 0.4) is 0 Å². The number of nitrogens with one attached hydrogen (secondary N) is 3. The number of nitrogens with zero attached hydrogens (tertiary/aromatic N) is 4. The van der Waals surface area contributed by atoms with Gasteiger partial charge in [0, 0.05) is 26.2 Å². The number of halogens is 1. The van der Waals surface area contributed by atoms with Crippen molar-refractivity contribution >= 4 is 29.9 Å². The molecule has 1 fully saturated rings. The van der Waals surface area contributed by atoms with Gasteiger partial charge in [0.05, 0.1) is 12.8 Å². The van der Waals surface area contributed by atoms with Gasteiger partial charge in [-0.2, -0.15) is 0 Å². The van der Waals surface area contributed by atoms with Crippen molar-refractivity contribution in [2.24, 2.45) is 4.99 Å². The Labute approximate surface area is 177 Å². The predicted molar refractivity (Wildman–Crippen MR) is 117 cm³/mol. The van der Waals surface area contributed by atoms with Crippen LogP contribution in [-0.2, 0) is 6.54 Å². The molecule has 1 saturated heterocycles. The Morgan fingerprint density at radius 1 is 1.41 bits per heavy atom. The van der Waals surface area contributed by atoms with E-state index < -0.39 is 0 Å². The largest absolute Gasteiger partial charge is 0.461 e. The first-order valence-electron chi connectivity index (χ1n) is 9.43. The summed E-state index contributed by atoms with van der Waals surface area (Å²) in [5.74, 6) is 2.76. The van der Waals surface area contributed by atoms with Gasteiger partial charge in [0.15, 0.2) is 11.7 Å². The molecule has 0 spiro atoms. The fourth-order valence-electron chi connectivity index (χ4n) is 3.13. The zero-order valence-electron chi connectivity index (χ0n) is 16.1. The molecule has 3 N–H and O–H groups in total. The number of aromatic amines is 1. The van der Waals surface area contributed by atoms with Crippen LogP contribution in [0.4, 0.5) is 0 Å². The van der Waals surface area contributed by atoms with E-state index in [9.17, 15) is 0 Å². The van der Waals surface area contributed by atoms with Crippen molar-refractivity contribution in [2.75, 3.05) is 26.7 Å². The Morgan fingerprint density at radius 2 is 2.22 bits per heavy atom. The second-order valence-corrected chi connectivity index (χ2v) is 6.62. The van der Waals surface area contributed by atoms with Crippen LogP contribution in [0.1, 0.15) is 38.4 Å². The zero-order chi connectivity index (χ0) is 18.2. The quantitative estimate of drug-likeness (QED) is 0.316. The highest BCUT2D eigenvalue weighted by Gasteiger charge is 2.19. The summed E-state index contributed by atoms with van der Waals surface area (Å²) in [6, 6.07) is 4.13. The third kappa shape index (κ3) is 6.49. The van der Waals surface area contributed by atoms with Crippen LogP contribution >= 0.6 is 24.0 Å². The van der Waals surface area contributed by atoms with E-state index in [0.717, 1.165) is 37.7 Å². The lowest BCUT2D eigenvalue weighted by atomic mass is 10.0. The van der Waals surface area contributed by atoms with E-state index in [2.05, 4.69) is 42.6 Å². The van der Waals surface area contributed by atoms with Crippen molar-refractivity contribution in [3.8, 4) is 11.6 Å². The molecule has 0 radical (unpaired) electrons. The lowest BCUT2D eigenvalue weighted by Crippen LogP contribution is -2.48. The number of hydrogen-bond donors (Lipinski definition) is 3. The first-order chi connectivity index (χ1) is 12.8. The molecule has 9 heteroatoms. The highest BCUT2D eigenvalue weighted by atomic mass is 127. The van der Waals surface area contributed by atoms with Crippen molar-refractivity contribution in [3.05, 3.63) is 24.2 Å². The maximum atomic E-state index is 5.31. The van der Waals surface area contributed by atoms with Crippen LogP contribution in [0.2, 0.25) is 0 Å². The van der Waals surface area contributed by atoms with Gasteiger partial charge in [-0.1, -0.05) is 13.3 Å². The van der Waals surface area contributed by atoms with Crippen LogP contribution in [0.15, 0.2) is 27.8 Å². The van der Waals surface area contributed by atoms with Gasteiger partial charge in [0.25, 0.3) is 0 Å². The lowest BCUT2D eigenvalue weighted by molar-refractivity contribution is 0.203. The molecule has 1 aliphatic heterocycles. The van der Waals surface area contributed by atoms with E-state index in [1.807, 2.05) is 12.1 Å². The van der Waals surface area contributed by atoms with Crippen LogP contribution in [-0.4, -0.2) is 58.8 Å². The molecular formula is C18H30IN7O. The van der Waals surface area contributed by atoms with Gasteiger partial charge in [-0.25, -0.2) is 4.98 Å². The lowest BCUT2D eigenvalue weighted by Gasteiger charge is -2.33. The average Bonchev–Trinajstić information content (AvgIpc) is 3.35. The van der Waals surface area contributed by atoms with Gasteiger partial charge >= 0.3 is 0 Å². The van der Waals surface area contributed by atoms with Gasteiger partial charge in [-0.15, -0.1) is 29.1 Å². The summed E-state index contributed by atoms with van der Waals surface area (Å²) in [6.07, 6.45) is 6.46. The number of rotatable bonds is 7. The molecule has 2 aromatic rings. The number of piperidine rings is 1. The maximum absolute atomic E-state index is 5.31. The van der Waals surface area contributed by atoms with Crippen molar-refractivity contribution in [1.29, 1.82) is 0 Å². The minimum atomic E-state index is 0. The van der Waals surface area contributed by atoms with Crippen molar-refractivity contribution in [3.63, 3.8) is 0 Å². The first kappa shape index (κ1) is 21.7. The van der Waals surface area contributed by atoms with Gasteiger partial charge in [-0.05, 0) is 37.9 Å². The molecule has 8 nitrogen and oxygen atoms in total. The standard InChI is InChI=1S/C18H29N7O.HI/c1-3-4-9-25-10-7-14(8-11-25)21-18(19-2)20-13-16-22-17(24-23-16)15-6-5-12-26-15;/h5-6,12,14H,3-4,7-11,13H2,1-2H3,(H2,19,20,21)(H,22,23,24);1H. The SMILES string of the molecule is CCCCN1CCC(NC(=NC)NCc2nc(-c3ccco3)n[nH]2)CC1.I. The summed E-state index contributed by atoms with van der Waals surface area (Å²) < 4.78 is 5.31. The number of guanidine groups is 1. The summed E-state index contributed by atoms with van der Waals surface area (Å²) in [6.45, 7) is 6.31. The second-order valence-electron chi connectivity index (χ2n) is 6.62. The molecule has 0 unspecified atom stereocenters. The fraction of sp³-hybridized carbons (Fsp3) is 0.611. The van der Waals surface area contributed by atoms with E-state index in [1.165, 1.54) is 19.4 Å². The number of furan rings is 1. The van der Waals surface area contributed by atoms with Crippen LogP contribution in [0.25, 0.3) is 11.6 Å². The summed E-state index contributed by atoms with van der Waals surface area (Å²) in [5.41, 5.74) is 0. The molecule has 0 aromatic carbocycles. The topological polar surface area (TPSA) is 94.4 Å². The van der Waals surface area contributed by atoms with E-state index in [4.69, 9.17) is 4.42 Å². The summed E-state index contributed by atoms with van der Waals surface area (Å²) >= 11 is 0. The number of H-pyrrole nitrogens is 1. The molecule has 0 aliphatic carbocycles. The predicted octanol–water partition coefficient (Wildman–Crippen LogP) is 2.61. The monoisotopic (exact) mass is 487 g/mol. The summed E-state index contributed by atoms with van der Waals surface area (Å²) in [5, 5.41) is 13.9. The zero-order valence-corrected chi connectivity index (χ0v) is 18.4. The maximum Gasteiger partial charge on any atom is 0.216 e. The normalized spacial score (nSPS) is 16.1. The van der Waals surface area contributed by atoms with Crippen LogP contribution in [0.5, 0.6) is 0 Å². The molecule has 150 valence electrons. The Kier molecular flexibility index (Phi) is 9.05. The molecule has 27 heavy (non-hydrogen) atoms. The Morgan fingerprint density at radius 3 is 2.89 bits per heavy atom. The molecule has 0 amide bonds. The Hall–Kier alpha value is -1.62. The number of likely N-dealkylation sites (tertiary alicyclic amines) is 1. The van der Waals surface area contributed by atoms with E-state index in [-0.39, 0.29) is 24.0 Å². The van der Waals surface area contributed by atoms with Gasteiger partial charge in [0.1, 0.15) is 5.82 Å². The first-order valence-corrected chi connectivity index (χ1v) is 9.43. The third-order valence-electron chi connectivity index (χ3n) is 4.68. The molecular weight excluding hydrogens is 457 g/mol. The smallest absolute Gasteiger partial charge is 0.216 e. The van der Waals surface area contributed by atoms with Gasteiger partial charge < -0.3 is 20.0 Å². The molecule has 3 heterocycles. The average molecular weight is 487 g/mol. The Balaban J connectivity index is 0.00000261. The fourth-order valence-corrected chi connectivity index (χ4v) is 3.13. The van der Waals surface area contributed by atoms with E-state index >= 15 is 0 Å². The third-order valence-corrected chi connectivity index (χ3v) is 4.68. The summed E-state index contributed by atoms with van der Waals surface area (Å²) in [4.78, 5) is 11.3. The second kappa shape index (κ2) is 11.3.